The number of unbranched alkanes of at least 4 members (excludes halogenated alkanes) is 2. The van der Waals surface area contributed by atoms with Crippen LogP contribution in [0.15, 0.2) is 102 Å². The number of sulfonamides is 1. The summed E-state index contributed by atoms with van der Waals surface area (Å²) in [5, 5.41) is 8.21. The van der Waals surface area contributed by atoms with Gasteiger partial charge in [-0.15, -0.1) is 0 Å². The summed E-state index contributed by atoms with van der Waals surface area (Å²) >= 11 is 0. The van der Waals surface area contributed by atoms with E-state index < -0.39 is 39.5 Å². The van der Waals surface area contributed by atoms with Crippen LogP contribution in [0.2, 0.25) is 0 Å². The lowest BCUT2D eigenvalue weighted by Gasteiger charge is -2.16. The van der Waals surface area contributed by atoms with Crippen molar-refractivity contribution in [2.75, 3.05) is 16.0 Å². The molecule has 0 saturated heterocycles. The van der Waals surface area contributed by atoms with Crippen molar-refractivity contribution in [3.05, 3.63) is 114 Å². The Labute approximate surface area is 264 Å². The van der Waals surface area contributed by atoms with Gasteiger partial charge in [0.15, 0.2) is 0 Å². The molecule has 240 valence electrons. The molecule has 0 bridgehead atoms. The zero-order valence-electron chi connectivity index (χ0n) is 24.6. The molecule has 0 heterocycles. The van der Waals surface area contributed by atoms with E-state index in [9.17, 15) is 36.0 Å². The zero-order chi connectivity index (χ0) is 33.3. The van der Waals surface area contributed by atoms with Gasteiger partial charge in [-0.05, 0) is 67.1 Å². The summed E-state index contributed by atoms with van der Waals surface area (Å²) in [6, 6.07) is 22.5. The molecule has 4 N–H and O–H groups in total. The van der Waals surface area contributed by atoms with Gasteiger partial charge in [-0.3, -0.25) is 14.4 Å². The fraction of sp³-hybridized carbons (Fsp3) is 0.182. The van der Waals surface area contributed by atoms with Gasteiger partial charge in [0, 0.05) is 23.2 Å². The number of hydrogen-bond donors (Lipinski definition) is 4. The van der Waals surface area contributed by atoms with Gasteiger partial charge < -0.3 is 16.0 Å². The number of benzene rings is 4. The minimum absolute atomic E-state index is 0.00578. The monoisotopic (exact) mass is 652 g/mol. The molecule has 0 radical (unpaired) electrons. The van der Waals surface area contributed by atoms with Crippen molar-refractivity contribution in [1.82, 2.24) is 4.72 Å². The average molecular weight is 653 g/mol. The highest BCUT2D eigenvalue weighted by Crippen LogP contribution is 2.31. The van der Waals surface area contributed by atoms with Crippen molar-refractivity contribution in [3.63, 3.8) is 0 Å². The molecule has 0 fully saturated rings. The second-order valence-electron chi connectivity index (χ2n) is 10.2. The van der Waals surface area contributed by atoms with Crippen molar-refractivity contribution in [2.24, 2.45) is 0 Å². The molecule has 3 amide bonds. The normalized spacial score (nSPS) is 11.4. The first-order valence-corrected chi connectivity index (χ1v) is 15.8. The Kier molecular flexibility index (Phi) is 10.8. The predicted molar refractivity (Wildman–Crippen MR) is 169 cm³/mol. The van der Waals surface area contributed by atoms with E-state index in [1.165, 1.54) is 48.5 Å². The lowest BCUT2D eigenvalue weighted by molar-refractivity contribution is -0.137. The summed E-state index contributed by atoms with van der Waals surface area (Å²) < 4.78 is 67.9. The molecule has 0 aliphatic carbocycles. The molecule has 4 aromatic rings. The van der Waals surface area contributed by atoms with E-state index >= 15 is 0 Å². The van der Waals surface area contributed by atoms with Crippen molar-refractivity contribution in [1.29, 1.82) is 0 Å². The largest absolute Gasteiger partial charge is 0.416 e. The van der Waals surface area contributed by atoms with Crippen LogP contribution >= 0.6 is 0 Å². The number of amides is 3. The fourth-order valence-corrected chi connectivity index (χ4v) is 5.57. The maximum absolute atomic E-state index is 13.4. The highest BCUT2D eigenvalue weighted by Gasteiger charge is 2.31. The lowest BCUT2D eigenvalue weighted by Crippen LogP contribution is -2.31. The molecule has 4 aromatic carbocycles. The van der Waals surface area contributed by atoms with Gasteiger partial charge in [-0.25, -0.2) is 13.1 Å². The van der Waals surface area contributed by atoms with Crippen LogP contribution in [0.3, 0.4) is 0 Å². The highest BCUT2D eigenvalue weighted by molar-refractivity contribution is 7.90. The average Bonchev–Trinajstić information content (AvgIpc) is 3.02. The van der Waals surface area contributed by atoms with Crippen molar-refractivity contribution in [2.45, 2.75) is 43.7 Å². The van der Waals surface area contributed by atoms with Crippen molar-refractivity contribution < 1.29 is 36.0 Å². The molecule has 0 atom stereocenters. The van der Waals surface area contributed by atoms with E-state index in [1.54, 1.807) is 30.3 Å². The molecule has 0 aliphatic heterocycles. The number of hydrogen-bond acceptors (Lipinski definition) is 6. The maximum Gasteiger partial charge on any atom is 0.416 e. The van der Waals surface area contributed by atoms with Gasteiger partial charge in [0.1, 0.15) is 4.90 Å². The van der Waals surface area contributed by atoms with E-state index in [0.29, 0.717) is 17.8 Å². The SMILES string of the molecule is CCCCCC(=O)NS(=O)(=O)c1ccccc1NC(=O)c1ccc(Nc2ccccc2)c(NC(=O)c2cccc(C(F)(F)F)c2)c1. The summed E-state index contributed by atoms with van der Waals surface area (Å²) in [6.45, 7) is 1.95. The molecule has 0 unspecified atom stereocenters. The third kappa shape index (κ3) is 8.94. The summed E-state index contributed by atoms with van der Waals surface area (Å²) in [7, 11) is -4.33. The Bertz CT molecular complexity index is 1830. The number of nitrogens with one attached hydrogen (secondary N) is 4. The highest BCUT2D eigenvalue weighted by atomic mass is 32.2. The minimum Gasteiger partial charge on any atom is -0.354 e. The summed E-state index contributed by atoms with van der Waals surface area (Å²) in [6.07, 6.45) is -2.48. The molecule has 13 heteroatoms. The Balaban J connectivity index is 1.62. The van der Waals surface area contributed by atoms with Crippen LogP contribution in [0.4, 0.5) is 35.9 Å². The van der Waals surface area contributed by atoms with E-state index in [1.807, 2.05) is 11.6 Å². The van der Waals surface area contributed by atoms with Crippen LogP contribution in [0.25, 0.3) is 0 Å². The van der Waals surface area contributed by atoms with E-state index in [0.717, 1.165) is 31.0 Å². The number of rotatable bonds is 12. The smallest absolute Gasteiger partial charge is 0.354 e. The number of halogens is 3. The number of carbonyl (C=O) groups is 3. The summed E-state index contributed by atoms with van der Waals surface area (Å²) in [5.41, 5.74) is -0.329. The first-order valence-electron chi connectivity index (χ1n) is 14.3. The van der Waals surface area contributed by atoms with Gasteiger partial charge in [-0.1, -0.05) is 56.2 Å². The number of anilines is 4. The van der Waals surface area contributed by atoms with Crippen LogP contribution < -0.4 is 20.7 Å². The molecule has 0 saturated carbocycles. The third-order valence-corrected chi connectivity index (χ3v) is 8.15. The van der Waals surface area contributed by atoms with Crippen LogP contribution in [0, 0.1) is 0 Å². The van der Waals surface area contributed by atoms with E-state index in [2.05, 4.69) is 16.0 Å². The van der Waals surface area contributed by atoms with Crippen LogP contribution in [0.5, 0.6) is 0 Å². The predicted octanol–water partition coefficient (Wildman–Crippen LogP) is 7.34. The van der Waals surface area contributed by atoms with Gasteiger partial charge >= 0.3 is 6.18 Å². The molecule has 46 heavy (non-hydrogen) atoms. The van der Waals surface area contributed by atoms with Gasteiger partial charge in [0.05, 0.1) is 22.6 Å². The first-order chi connectivity index (χ1) is 21.9. The topological polar surface area (TPSA) is 133 Å². The number of carbonyl (C=O) groups excluding carboxylic acids is 3. The van der Waals surface area contributed by atoms with Gasteiger partial charge in [0.2, 0.25) is 5.91 Å². The quantitative estimate of drug-likeness (QED) is 0.118. The molecule has 0 aliphatic rings. The van der Waals surface area contributed by atoms with Gasteiger partial charge in [0.25, 0.3) is 21.8 Å². The second kappa shape index (κ2) is 14.7. The minimum atomic E-state index is -4.66. The van der Waals surface area contributed by atoms with Crippen molar-refractivity contribution >= 4 is 50.5 Å². The molecular weight excluding hydrogens is 621 g/mol. The zero-order valence-corrected chi connectivity index (χ0v) is 25.5. The van der Waals surface area contributed by atoms with Gasteiger partial charge in [-0.2, -0.15) is 13.2 Å². The first kappa shape index (κ1) is 33.7. The maximum atomic E-state index is 13.4. The Hall–Kier alpha value is -5.17. The van der Waals surface area contributed by atoms with Crippen LogP contribution in [-0.4, -0.2) is 26.1 Å². The Morgan fingerprint density at radius 3 is 2.04 bits per heavy atom. The summed E-state index contributed by atoms with van der Waals surface area (Å²) in [4.78, 5) is 38.4. The van der Waals surface area contributed by atoms with Crippen molar-refractivity contribution in [3.8, 4) is 0 Å². The number of para-hydroxylation sites is 2. The summed E-state index contributed by atoms with van der Waals surface area (Å²) in [5.74, 6) is -2.28. The Morgan fingerprint density at radius 1 is 0.696 bits per heavy atom. The third-order valence-electron chi connectivity index (χ3n) is 6.72. The molecular formula is C33H31F3N4O5S. The second-order valence-corrected chi connectivity index (χ2v) is 11.9. The molecule has 4 rings (SSSR count). The fourth-order valence-electron chi connectivity index (χ4n) is 4.40. The Morgan fingerprint density at radius 2 is 1.35 bits per heavy atom. The van der Waals surface area contributed by atoms with Crippen LogP contribution in [-0.2, 0) is 21.0 Å². The van der Waals surface area contributed by atoms with Crippen LogP contribution in [0.1, 0.15) is 58.9 Å². The van der Waals surface area contributed by atoms with E-state index in [-0.39, 0.29) is 33.8 Å². The standard InChI is InChI=1S/C33H31F3N4O5S/c1-2-3-5-17-30(41)40-46(44,45)29-16-9-8-15-27(29)38-32(43)23-18-19-26(37-25-13-6-4-7-14-25)28(21-23)39-31(42)22-11-10-12-24(20-22)33(34,35)36/h4,6-16,18-21,37H,2-3,5,17H2,1H3,(H,38,43)(H,39,42)(H,40,41). The molecule has 9 nitrogen and oxygen atoms in total. The number of alkyl halides is 3. The van der Waals surface area contributed by atoms with E-state index in [4.69, 9.17) is 0 Å². The molecule has 0 aromatic heterocycles. The lowest BCUT2D eigenvalue weighted by atomic mass is 10.1. The molecule has 0 spiro atoms.